The summed E-state index contributed by atoms with van der Waals surface area (Å²) in [6, 6.07) is 5.91. The summed E-state index contributed by atoms with van der Waals surface area (Å²) in [5.74, 6) is 2.37. The summed E-state index contributed by atoms with van der Waals surface area (Å²) in [6.45, 7) is 6.46. The molecule has 3 unspecified atom stereocenters. The molecule has 3 heteroatoms. The number of phenols is 1. The van der Waals surface area contributed by atoms with E-state index in [0.717, 1.165) is 32.1 Å². The SMILES string of the molecule is C=C[C@H]1C[C@@]2(C)C(CC[C@@]2(O)/C=C\I)C2CCc3cc(O)ccc3C21. The number of rotatable bonds is 2. The molecule has 0 aromatic heterocycles. The fourth-order valence-electron chi connectivity index (χ4n) is 6.41. The lowest BCUT2D eigenvalue weighted by Crippen LogP contribution is -2.52. The van der Waals surface area contributed by atoms with Crippen LogP contribution in [0.15, 0.2) is 41.0 Å². The smallest absolute Gasteiger partial charge is 0.115 e. The number of aryl methyl sites for hydroxylation is 1. The van der Waals surface area contributed by atoms with Crippen molar-refractivity contribution in [2.75, 3.05) is 0 Å². The number of benzene rings is 1. The molecule has 0 saturated heterocycles. The molecular formula is C22H27IO2. The van der Waals surface area contributed by atoms with Gasteiger partial charge < -0.3 is 10.2 Å². The first-order chi connectivity index (χ1) is 11.9. The predicted molar refractivity (Wildman–Crippen MR) is 110 cm³/mol. The van der Waals surface area contributed by atoms with Gasteiger partial charge in [0.2, 0.25) is 0 Å². The van der Waals surface area contributed by atoms with Crippen molar-refractivity contribution >= 4 is 22.6 Å². The summed E-state index contributed by atoms with van der Waals surface area (Å²) in [5.41, 5.74) is 1.93. The van der Waals surface area contributed by atoms with Crippen LogP contribution in [0.4, 0.5) is 0 Å². The van der Waals surface area contributed by atoms with Crippen molar-refractivity contribution in [1.82, 2.24) is 0 Å². The molecule has 4 rings (SSSR count). The lowest BCUT2D eigenvalue weighted by molar-refractivity contribution is -0.0824. The monoisotopic (exact) mass is 450 g/mol. The number of allylic oxidation sites excluding steroid dienone is 1. The first-order valence-corrected chi connectivity index (χ1v) is 10.6. The predicted octanol–water partition coefficient (Wildman–Crippen LogP) is 5.34. The van der Waals surface area contributed by atoms with Crippen molar-refractivity contribution in [2.45, 2.75) is 50.5 Å². The van der Waals surface area contributed by atoms with Crippen LogP contribution in [0.25, 0.3) is 0 Å². The standard InChI is InChI=1S/C22H27IO2/c1-3-14-13-21(2)19(8-9-22(21,25)10-11-23)18-6-4-15-12-16(24)5-7-17(15)20(14)18/h3,5,7,10-12,14,18-20,24-25H,1,4,6,8-9,13H2,2H3/b11-10-/t14-,18?,19?,20?,21-,22+/m0/s1. The number of aliphatic hydroxyl groups is 1. The van der Waals surface area contributed by atoms with Crippen molar-refractivity contribution in [3.8, 4) is 5.75 Å². The van der Waals surface area contributed by atoms with Crippen LogP contribution < -0.4 is 0 Å². The highest BCUT2D eigenvalue weighted by molar-refractivity contribution is 14.1. The summed E-state index contributed by atoms with van der Waals surface area (Å²) in [4.78, 5) is 0. The van der Waals surface area contributed by atoms with Gasteiger partial charge in [-0.1, -0.05) is 41.7 Å². The Balaban J connectivity index is 1.79. The molecule has 3 aliphatic rings. The molecule has 0 aliphatic heterocycles. The van der Waals surface area contributed by atoms with E-state index in [9.17, 15) is 10.2 Å². The normalized spacial score (nSPS) is 42.7. The van der Waals surface area contributed by atoms with E-state index in [0.29, 0.717) is 29.4 Å². The summed E-state index contributed by atoms with van der Waals surface area (Å²) in [7, 11) is 0. The summed E-state index contributed by atoms with van der Waals surface area (Å²) < 4.78 is 1.99. The maximum absolute atomic E-state index is 11.4. The van der Waals surface area contributed by atoms with E-state index >= 15 is 0 Å². The number of hydrogen-bond acceptors (Lipinski definition) is 2. The van der Waals surface area contributed by atoms with Crippen molar-refractivity contribution < 1.29 is 10.2 Å². The number of halogens is 1. The van der Waals surface area contributed by atoms with Crippen LogP contribution in [0.3, 0.4) is 0 Å². The van der Waals surface area contributed by atoms with Gasteiger partial charge in [-0.2, -0.15) is 0 Å². The molecule has 0 amide bonds. The van der Waals surface area contributed by atoms with Gasteiger partial charge in [0.1, 0.15) is 5.75 Å². The van der Waals surface area contributed by atoms with E-state index < -0.39 is 5.60 Å². The summed E-state index contributed by atoms with van der Waals surface area (Å²) in [6.07, 6.45) is 9.28. The molecule has 3 aliphatic carbocycles. The van der Waals surface area contributed by atoms with E-state index in [1.165, 1.54) is 11.1 Å². The van der Waals surface area contributed by atoms with Crippen LogP contribution in [0.1, 0.15) is 49.7 Å². The molecule has 2 saturated carbocycles. The zero-order valence-corrected chi connectivity index (χ0v) is 16.9. The fourth-order valence-corrected chi connectivity index (χ4v) is 7.00. The maximum Gasteiger partial charge on any atom is 0.115 e. The van der Waals surface area contributed by atoms with Gasteiger partial charge in [-0.15, -0.1) is 6.58 Å². The van der Waals surface area contributed by atoms with Crippen molar-refractivity contribution in [3.63, 3.8) is 0 Å². The second-order valence-corrected chi connectivity index (χ2v) is 9.21. The average molecular weight is 450 g/mol. The maximum atomic E-state index is 11.4. The van der Waals surface area contributed by atoms with E-state index in [1.54, 1.807) is 0 Å². The van der Waals surface area contributed by atoms with Gasteiger partial charge in [0, 0.05) is 5.41 Å². The Kier molecular flexibility index (Phi) is 4.31. The second-order valence-electron chi connectivity index (χ2n) is 8.49. The minimum atomic E-state index is -0.694. The van der Waals surface area contributed by atoms with Crippen LogP contribution in [-0.4, -0.2) is 15.8 Å². The lowest BCUT2D eigenvalue weighted by Gasteiger charge is -2.55. The van der Waals surface area contributed by atoms with Crippen LogP contribution >= 0.6 is 22.6 Å². The van der Waals surface area contributed by atoms with Crippen LogP contribution in [0, 0.1) is 23.2 Å². The molecule has 0 spiro atoms. The second kappa shape index (κ2) is 6.12. The topological polar surface area (TPSA) is 40.5 Å². The summed E-state index contributed by atoms with van der Waals surface area (Å²) >= 11 is 2.23. The molecular weight excluding hydrogens is 423 g/mol. The zero-order valence-electron chi connectivity index (χ0n) is 14.8. The summed E-state index contributed by atoms with van der Waals surface area (Å²) in [5, 5.41) is 21.3. The van der Waals surface area contributed by atoms with Crippen molar-refractivity contribution in [1.29, 1.82) is 0 Å². The van der Waals surface area contributed by atoms with Gasteiger partial charge in [0.15, 0.2) is 0 Å². The number of phenolic OH excluding ortho intramolecular Hbond substituents is 1. The molecule has 2 nitrogen and oxygen atoms in total. The Morgan fingerprint density at radius 1 is 1.32 bits per heavy atom. The third kappa shape index (κ3) is 2.45. The minimum Gasteiger partial charge on any atom is -0.508 e. The third-order valence-corrected chi connectivity index (χ3v) is 7.98. The number of aromatic hydroxyl groups is 1. The quantitative estimate of drug-likeness (QED) is 0.472. The van der Waals surface area contributed by atoms with Gasteiger partial charge in [0.05, 0.1) is 5.60 Å². The van der Waals surface area contributed by atoms with E-state index in [1.807, 2.05) is 22.3 Å². The Hall–Kier alpha value is -0.810. The lowest BCUT2D eigenvalue weighted by atomic mass is 9.50. The minimum absolute atomic E-state index is 0.0802. The van der Waals surface area contributed by atoms with E-state index in [-0.39, 0.29) is 5.41 Å². The highest BCUT2D eigenvalue weighted by atomic mass is 127. The van der Waals surface area contributed by atoms with Crippen LogP contribution in [0.5, 0.6) is 5.75 Å². The molecule has 0 radical (unpaired) electrons. The molecule has 0 heterocycles. The van der Waals surface area contributed by atoms with Gasteiger partial charge in [-0.3, -0.25) is 0 Å². The largest absolute Gasteiger partial charge is 0.508 e. The molecule has 2 fully saturated rings. The van der Waals surface area contributed by atoms with E-state index in [4.69, 9.17) is 0 Å². The van der Waals surface area contributed by atoms with E-state index in [2.05, 4.69) is 48.2 Å². The zero-order chi connectivity index (χ0) is 17.8. The molecule has 1 aromatic carbocycles. The Bertz CT molecular complexity index is 727. The Morgan fingerprint density at radius 3 is 2.84 bits per heavy atom. The van der Waals surface area contributed by atoms with Gasteiger partial charge in [-0.05, 0) is 89.2 Å². The molecule has 6 atom stereocenters. The first kappa shape index (κ1) is 17.6. The molecule has 2 N–H and O–H groups in total. The van der Waals surface area contributed by atoms with Gasteiger partial charge in [-0.25, -0.2) is 0 Å². The molecule has 25 heavy (non-hydrogen) atoms. The van der Waals surface area contributed by atoms with Gasteiger partial charge in [0.25, 0.3) is 0 Å². The van der Waals surface area contributed by atoms with Gasteiger partial charge >= 0.3 is 0 Å². The van der Waals surface area contributed by atoms with Crippen LogP contribution in [-0.2, 0) is 6.42 Å². The Morgan fingerprint density at radius 2 is 2.12 bits per heavy atom. The molecule has 1 aromatic rings. The van der Waals surface area contributed by atoms with Crippen molar-refractivity contribution in [2.24, 2.45) is 23.2 Å². The first-order valence-electron chi connectivity index (χ1n) is 9.38. The number of hydrogen-bond donors (Lipinski definition) is 2. The fraction of sp³-hybridized carbons (Fsp3) is 0.545. The molecule has 0 bridgehead atoms. The average Bonchev–Trinajstić information content (AvgIpc) is 2.85. The third-order valence-electron chi connectivity index (χ3n) is 7.62. The Labute approximate surface area is 164 Å². The number of fused-ring (bicyclic) bond motifs is 5. The molecule has 134 valence electrons. The van der Waals surface area contributed by atoms with Crippen LogP contribution in [0.2, 0.25) is 0 Å². The highest BCUT2D eigenvalue weighted by Crippen LogP contribution is 2.66. The van der Waals surface area contributed by atoms with Crippen molar-refractivity contribution in [3.05, 3.63) is 52.1 Å². The highest BCUT2D eigenvalue weighted by Gasteiger charge is 2.62.